The lowest BCUT2D eigenvalue weighted by Gasteiger charge is -2.02. The molecule has 0 fully saturated rings. The third kappa shape index (κ3) is 2.60. The van der Waals surface area contributed by atoms with E-state index in [4.69, 9.17) is 0 Å². The Labute approximate surface area is 124 Å². The van der Waals surface area contributed by atoms with Gasteiger partial charge < -0.3 is 0 Å². The van der Waals surface area contributed by atoms with E-state index in [0.29, 0.717) is 9.65 Å². The molecule has 3 rings (SSSR count). The van der Waals surface area contributed by atoms with E-state index in [2.05, 4.69) is 10.3 Å². The van der Waals surface area contributed by atoms with Crippen LogP contribution in [0.15, 0.2) is 59.6 Å². The quantitative estimate of drug-likeness (QED) is 0.743. The first-order valence-corrected chi connectivity index (χ1v) is 7.60. The van der Waals surface area contributed by atoms with E-state index in [1.54, 1.807) is 0 Å². The second-order valence-electron chi connectivity index (χ2n) is 4.44. The van der Waals surface area contributed by atoms with Crippen molar-refractivity contribution in [1.82, 2.24) is 14.4 Å². The van der Waals surface area contributed by atoms with Crippen molar-refractivity contribution in [3.05, 3.63) is 66.4 Å². The molecule has 0 bridgehead atoms. The summed E-state index contributed by atoms with van der Waals surface area (Å²) in [6.45, 7) is 0. The average molecular weight is 321 g/mol. The molecule has 22 heavy (non-hydrogen) atoms. The van der Waals surface area contributed by atoms with Crippen LogP contribution in [0.3, 0.4) is 0 Å². The number of benzene rings is 2. The lowest BCUT2D eigenvalue weighted by Crippen LogP contribution is -2.13. The van der Waals surface area contributed by atoms with E-state index in [9.17, 15) is 17.2 Å². The predicted octanol–water partition coefficient (Wildman–Crippen LogP) is 2.46. The van der Waals surface area contributed by atoms with Gasteiger partial charge in [0.2, 0.25) is 0 Å². The maximum absolute atomic E-state index is 12.9. The van der Waals surface area contributed by atoms with E-state index in [1.165, 1.54) is 30.5 Å². The molecule has 1 aromatic heterocycles. The Morgan fingerprint density at radius 3 is 2.00 bits per heavy atom. The van der Waals surface area contributed by atoms with Crippen molar-refractivity contribution < 1.29 is 17.2 Å². The lowest BCUT2D eigenvalue weighted by molar-refractivity contribution is 0.576. The van der Waals surface area contributed by atoms with Crippen molar-refractivity contribution in [1.29, 1.82) is 0 Å². The Morgan fingerprint density at radius 2 is 1.41 bits per heavy atom. The summed E-state index contributed by atoms with van der Waals surface area (Å²) in [6, 6.07) is 9.79. The van der Waals surface area contributed by atoms with Gasteiger partial charge in [0.25, 0.3) is 10.0 Å². The van der Waals surface area contributed by atoms with Crippen LogP contribution in [0.4, 0.5) is 8.78 Å². The summed E-state index contributed by atoms with van der Waals surface area (Å²) in [4.78, 5) is -0.107. The van der Waals surface area contributed by atoms with Crippen molar-refractivity contribution >= 4 is 10.0 Å². The molecule has 0 N–H and O–H groups in total. The summed E-state index contributed by atoms with van der Waals surface area (Å²) in [5, 5.41) is 7.34. The molecule has 0 aliphatic carbocycles. The van der Waals surface area contributed by atoms with Crippen LogP contribution in [0.1, 0.15) is 0 Å². The first kappa shape index (κ1) is 14.3. The van der Waals surface area contributed by atoms with Crippen molar-refractivity contribution in [2.24, 2.45) is 0 Å². The zero-order chi connectivity index (χ0) is 15.7. The minimum Gasteiger partial charge on any atom is -0.207 e. The Hall–Kier alpha value is -2.61. The molecule has 1 heterocycles. The minimum absolute atomic E-state index is 0.107. The molecule has 3 aromatic rings. The fourth-order valence-electron chi connectivity index (χ4n) is 1.83. The van der Waals surface area contributed by atoms with Gasteiger partial charge in [0.05, 0.1) is 11.1 Å². The molecule has 0 aliphatic rings. The molecular formula is C14H9F2N3O2S. The Morgan fingerprint density at radius 1 is 0.864 bits per heavy atom. The van der Waals surface area contributed by atoms with E-state index in [0.717, 1.165) is 24.3 Å². The SMILES string of the molecule is O=S(=O)(c1ccc(F)cc1)n1cc(-c2ccc(F)cc2)nn1. The number of aromatic nitrogens is 3. The third-order valence-electron chi connectivity index (χ3n) is 2.97. The molecule has 0 radical (unpaired) electrons. The lowest BCUT2D eigenvalue weighted by atomic mass is 10.2. The molecule has 5 nitrogen and oxygen atoms in total. The third-order valence-corrected chi connectivity index (χ3v) is 4.51. The normalized spacial score (nSPS) is 11.5. The van der Waals surface area contributed by atoms with Crippen LogP contribution in [-0.2, 0) is 10.0 Å². The van der Waals surface area contributed by atoms with Crippen molar-refractivity contribution in [2.75, 3.05) is 0 Å². The summed E-state index contributed by atoms with van der Waals surface area (Å²) >= 11 is 0. The standard InChI is InChI=1S/C14H9F2N3O2S/c15-11-3-1-10(2-4-11)14-9-19(18-17-14)22(20,21)13-7-5-12(16)6-8-13/h1-9H. The maximum Gasteiger partial charge on any atom is 0.284 e. The summed E-state index contributed by atoms with van der Waals surface area (Å²) < 4.78 is 51.1. The van der Waals surface area contributed by atoms with Crippen molar-refractivity contribution in [3.8, 4) is 11.3 Å². The smallest absolute Gasteiger partial charge is 0.207 e. The molecule has 0 saturated heterocycles. The number of rotatable bonds is 3. The monoisotopic (exact) mass is 321 g/mol. The van der Waals surface area contributed by atoms with Crippen LogP contribution in [0, 0.1) is 11.6 Å². The fraction of sp³-hybridized carbons (Fsp3) is 0. The molecular weight excluding hydrogens is 312 g/mol. The molecule has 0 amide bonds. The summed E-state index contributed by atoms with van der Waals surface area (Å²) in [5.74, 6) is -0.945. The fourth-order valence-corrected chi connectivity index (χ4v) is 2.90. The van der Waals surface area contributed by atoms with Gasteiger partial charge >= 0.3 is 0 Å². The number of hydrogen-bond acceptors (Lipinski definition) is 4. The molecule has 0 saturated carbocycles. The van der Waals surface area contributed by atoms with Crippen LogP contribution >= 0.6 is 0 Å². The minimum atomic E-state index is -3.95. The molecule has 112 valence electrons. The largest absolute Gasteiger partial charge is 0.284 e. The molecule has 8 heteroatoms. The topological polar surface area (TPSA) is 64.8 Å². The van der Waals surface area contributed by atoms with Gasteiger partial charge in [-0.1, -0.05) is 5.21 Å². The predicted molar refractivity (Wildman–Crippen MR) is 74.4 cm³/mol. The second-order valence-corrected chi connectivity index (χ2v) is 6.24. The first-order valence-electron chi connectivity index (χ1n) is 6.16. The summed E-state index contributed by atoms with van der Waals surface area (Å²) in [7, 11) is -3.95. The van der Waals surface area contributed by atoms with Gasteiger partial charge in [0, 0.05) is 5.56 Å². The van der Waals surface area contributed by atoms with E-state index in [-0.39, 0.29) is 10.6 Å². The first-order chi connectivity index (χ1) is 10.5. The van der Waals surface area contributed by atoms with Gasteiger partial charge in [-0.05, 0) is 48.5 Å². The molecule has 0 aliphatic heterocycles. The van der Waals surface area contributed by atoms with Crippen LogP contribution < -0.4 is 0 Å². The van der Waals surface area contributed by atoms with Gasteiger partial charge in [0.15, 0.2) is 0 Å². The Bertz CT molecular complexity index is 904. The Balaban J connectivity index is 1.99. The summed E-state index contributed by atoms with van der Waals surface area (Å²) in [5.41, 5.74) is 0.813. The van der Waals surface area contributed by atoms with E-state index < -0.39 is 21.7 Å². The highest BCUT2D eigenvalue weighted by molar-refractivity contribution is 7.89. The van der Waals surface area contributed by atoms with Gasteiger partial charge in [-0.3, -0.25) is 0 Å². The van der Waals surface area contributed by atoms with E-state index >= 15 is 0 Å². The van der Waals surface area contributed by atoms with Gasteiger partial charge in [-0.2, -0.15) is 8.42 Å². The van der Waals surface area contributed by atoms with Crippen LogP contribution in [0.5, 0.6) is 0 Å². The van der Waals surface area contributed by atoms with E-state index in [1.807, 2.05) is 0 Å². The van der Waals surface area contributed by atoms with Gasteiger partial charge in [-0.15, -0.1) is 9.19 Å². The highest BCUT2D eigenvalue weighted by atomic mass is 32.2. The van der Waals surface area contributed by atoms with Crippen LogP contribution in [0.2, 0.25) is 0 Å². The van der Waals surface area contributed by atoms with Crippen LogP contribution in [0.25, 0.3) is 11.3 Å². The zero-order valence-electron chi connectivity index (χ0n) is 11.0. The van der Waals surface area contributed by atoms with Gasteiger partial charge in [0.1, 0.15) is 17.3 Å². The maximum atomic E-state index is 12.9. The summed E-state index contributed by atoms with van der Waals surface area (Å²) in [6.07, 6.45) is 1.21. The second kappa shape index (κ2) is 5.30. The molecule has 2 aromatic carbocycles. The molecule has 0 atom stereocenters. The molecule has 0 unspecified atom stereocenters. The number of hydrogen-bond donors (Lipinski definition) is 0. The molecule has 0 spiro atoms. The zero-order valence-corrected chi connectivity index (χ0v) is 11.8. The Kier molecular flexibility index (Phi) is 3.45. The van der Waals surface area contributed by atoms with Crippen LogP contribution in [-0.4, -0.2) is 22.8 Å². The number of halogens is 2. The van der Waals surface area contributed by atoms with Crippen molar-refractivity contribution in [2.45, 2.75) is 4.90 Å². The average Bonchev–Trinajstić information content (AvgIpc) is 2.99. The van der Waals surface area contributed by atoms with Crippen molar-refractivity contribution in [3.63, 3.8) is 0 Å². The van der Waals surface area contributed by atoms with Gasteiger partial charge in [-0.25, -0.2) is 8.78 Å². The number of nitrogens with zero attached hydrogens (tertiary/aromatic N) is 3. The highest BCUT2D eigenvalue weighted by Crippen LogP contribution is 2.19. The highest BCUT2D eigenvalue weighted by Gasteiger charge is 2.19.